The fourth-order valence-electron chi connectivity index (χ4n) is 3.70. The number of alkyl halides is 3. The molecule has 1 saturated heterocycles. The van der Waals surface area contributed by atoms with E-state index in [0.717, 1.165) is 29.6 Å². The number of nitrogens with one attached hydrogen (secondary N) is 2. The summed E-state index contributed by atoms with van der Waals surface area (Å²) in [6.07, 6.45) is -2.09. The zero-order chi connectivity index (χ0) is 23.0. The van der Waals surface area contributed by atoms with E-state index in [-0.39, 0.29) is 33.6 Å². The van der Waals surface area contributed by atoms with Gasteiger partial charge in [-0.15, -0.1) is 11.3 Å². The molecule has 3 aromatic rings. The van der Waals surface area contributed by atoms with E-state index in [2.05, 4.69) is 20.6 Å². The second-order valence-electron chi connectivity index (χ2n) is 8.06. The molecule has 0 radical (unpaired) electrons. The molecular weight excluding hydrogens is 443 g/mol. The molecular formula is C21H24F3N5O2S. The molecule has 2 N–H and O–H groups in total. The molecule has 1 fully saturated rings. The summed E-state index contributed by atoms with van der Waals surface area (Å²) in [5.41, 5.74) is -0.537. The molecule has 11 heteroatoms. The highest BCUT2D eigenvalue weighted by Crippen LogP contribution is 2.40. The molecule has 0 saturated carbocycles. The van der Waals surface area contributed by atoms with E-state index >= 15 is 0 Å². The highest BCUT2D eigenvalue weighted by molar-refractivity contribution is 7.17. The summed E-state index contributed by atoms with van der Waals surface area (Å²) < 4.78 is 46.9. The Kier molecular flexibility index (Phi) is 6.13. The van der Waals surface area contributed by atoms with Crippen molar-refractivity contribution in [3.05, 3.63) is 40.4 Å². The van der Waals surface area contributed by atoms with Crippen LogP contribution in [0.2, 0.25) is 0 Å². The Morgan fingerprint density at radius 2 is 2.19 bits per heavy atom. The summed E-state index contributed by atoms with van der Waals surface area (Å²) in [5, 5.41) is 7.24. The van der Waals surface area contributed by atoms with Gasteiger partial charge in [-0.1, -0.05) is 13.8 Å². The lowest BCUT2D eigenvalue weighted by molar-refractivity contribution is -0.136. The molecule has 7 nitrogen and oxygen atoms in total. The third kappa shape index (κ3) is 4.44. The molecule has 0 spiro atoms. The number of fused-ring (bicyclic) bond motifs is 1. The van der Waals surface area contributed by atoms with Crippen molar-refractivity contribution in [2.45, 2.75) is 44.9 Å². The molecule has 1 aliphatic heterocycles. The van der Waals surface area contributed by atoms with Gasteiger partial charge in [0.25, 0.3) is 5.91 Å². The van der Waals surface area contributed by atoms with Crippen molar-refractivity contribution >= 4 is 33.3 Å². The molecule has 4 rings (SSSR count). The average Bonchev–Trinajstić information content (AvgIpc) is 3.49. The van der Waals surface area contributed by atoms with Gasteiger partial charge < -0.3 is 20.0 Å². The van der Waals surface area contributed by atoms with Crippen molar-refractivity contribution in [3.63, 3.8) is 0 Å². The summed E-state index contributed by atoms with van der Waals surface area (Å²) in [6.45, 7) is 5.53. The molecule has 1 aliphatic rings. The van der Waals surface area contributed by atoms with Gasteiger partial charge in [-0.25, -0.2) is 9.97 Å². The number of oxazole rings is 1. The van der Waals surface area contributed by atoms with Crippen LogP contribution in [0.4, 0.5) is 19.0 Å². The van der Waals surface area contributed by atoms with E-state index in [1.165, 1.54) is 12.4 Å². The Bertz CT molecular complexity index is 1120. The summed E-state index contributed by atoms with van der Waals surface area (Å²) in [5.74, 6) is 1.41. The van der Waals surface area contributed by atoms with Gasteiger partial charge in [0.15, 0.2) is 0 Å². The maximum absolute atomic E-state index is 13.8. The number of thiophene rings is 1. The van der Waals surface area contributed by atoms with Crippen molar-refractivity contribution in [1.82, 2.24) is 20.6 Å². The number of carbonyl (C=O) groups is 1. The first-order chi connectivity index (χ1) is 15.2. The van der Waals surface area contributed by atoms with Gasteiger partial charge in [0.05, 0.1) is 34.1 Å². The average molecular weight is 468 g/mol. The van der Waals surface area contributed by atoms with E-state index in [9.17, 15) is 18.0 Å². The number of rotatable bonds is 6. The van der Waals surface area contributed by atoms with Crippen LogP contribution in [0.5, 0.6) is 0 Å². The zero-order valence-electron chi connectivity index (χ0n) is 17.9. The first-order valence-electron chi connectivity index (χ1n) is 10.3. The molecule has 32 heavy (non-hydrogen) atoms. The van der Waals surface area contributed by atoms with Gasteiger partial charge in [-0.2, -0.15) is 13.2 Å². The largest absolute Gasteiger partial charge is 0.444 e. The summed E-state index contributed by atoms with van der Waals surface area (Å²) in [4.78, 5) is 22.7. The molecule has 3 aromatic heterocycles. The molecule has 1 unspecified atom stereocenters. The Labute approximate surface area is 187 Å². The van der Waals surface area contributed by atoms with Crippen LogP contribution in [-0.4, -0.2) is 42.1 Å². The number of halogens is 3. The molecule has 172 valence electrons. The van der Waals surface area contributed by atoms with Crippen LogP contribution < -0.4 is 15.5 Å². The first kappa shape index (κ1) is 22.5. The number of aromatic nitrogens is 2. The van der Waals surface area contributed by atoms with E-state index in [0.29, 0.717) is 25.5 Å². The second-order valence-corrected chi connectivity index (χ2v) is 8.94. The minimum atomic E-state index is -4.54. The standard InChI is InChI=1S/C21H24F3N5O2S/c1-11(2)15-7-27-17(31-15)8-26-12-4-5-29(9-12)16-6-14(21(22,23)24)19-18(28-16)13(10-32-19)20(30)25-3/h6-7,10-12,26H,4-5,8-9H2,1-3H3,(H,25,30). The number of anilines is 1. The van der Waals surface area contributed by atoms with Crippen LogP contribution >= 0.6 is 11.3 Å². The van der Waals surface area contributed by atoms with Crippen LogP contribution in [0.15, 0.2) is 22.1 Å². The fraction of sp³-hybridized carbons (Fsp3) is 0.476. The molecule has 0 aliphatic carbocycles. The number of pyridine rings is 1. The van der Waals surface area contributed by atoms with E-state index < -0.39 is 17.6 Å². The smallest absolute Gasteiger partial charge is 0.417 e. The Hall–Kier alpha value is -2.66. The van der Waals surface area contributed by atoms with Crippen molar-refractivity contribution in [2.24, 2.45) is 0 Å². The van der Waals surface area contributed by atoms with Crippen LogP contribution in [0.25, 0.3) is 10.2 Å². The number of amides is 1. The van der Waals surface area contributed by atoms with Crippen molar-refractivity contribution in [1.29, 1.82) is 0 Å². The summed E-state index contributed by atoms with van der Waals surface area (Å²) >= 11 is 0.881. The van der Waals surface area contributed by atoms with Crippen LogP contribution in [-0.2, 0) is 12.7 Å². The molecule has 1 amide bonds. The molecule has 0 aromatic carbocycles. The normalized spacial score (nSPS) is 17.0. The van der Waals surface area contributed by atoms with Gasteiger partial charge in [0, 0.05) is 37.5 Å². The molecule has 4 heterocycles. The van der Waals surface area contributed by atoms with Gasteiger partial charge >= 0.3 is 6.18 Å². The third-order valence-corrected chi connectivity index (χ3v) is 6.48. The Balaban J connectivity index is 1.54. The van der Waals surface area contributed by atoms with E-state index in [1.807, 2.05) is 18.7 Å². The molecule has 1 atom stereocenters. The minimum absolute atomic E-state index is 0.0291. The zero-order valence-corrected chi connectivity index (χ0v) is 18.7. The quantitative estimate of drug-likeness (QED) is 0.567. The molecule has 0 bridgehead atoms. The first-order valence-corrected chi connectivity index (χ1v) is 11.2. The van der Waals surface area contributed by atoms with Crippen molar-refractivity contribution in [2.75, 3.05) is 25.0 Å². The van der Waals surface area contributed by atoms with Gasteiger partial charge in [0.1, 0.15) is 11.6 Å². The lowest BCUT2D eigenvalue weighted by atomic mass is 10.1. The highest BCUT2D eigenvalue weighted by atomic mass is 32.1. The third-order valence-electron chi connectivity index (χ3n) is 5.48. The predicted octanol–water partition coefficient (Wildman–Crippen LogP) is 4.15. The van der Waals surface area contributed by atoms with Crippen LogP contribution in [0.3, 0.4) is 0 Å². The van der Waals surface area contributed by atoms with Gasteiger partial charge in [-0.05, 0) is 12.5 Å². The lowest BCUT2D eigenvalue weighted by Gasteiger charge is -2.20. The summed E-state index contributed by atoms with van der Waals surface area (Å²) in [6, 6.07) is 1.13. The number of nitrogens with zero attached hydrogens (tertiary/aromatic N) is 3. The van der Waals surface area contributed by atoms with Crippen molar-refractivity contribution in [3.8, 4) is 0 Å². The lowest BCUT2D eigenvalue weighted by Crippen LogP contribution is -2.32. The van der Waals surface area contributed by atoms with Crippen LogP contribution in [0.1, 0.15) is 53.8 Å². The van der Waals surface area contributed by atoms with Crippen LogP contribution in [0, 0.1) is 0 Å². The maximum Gasteiger partial charge on any atom is 0.417 e. The number of hydrogen-bond donors (Lipinski definition) is 2. The second kappa shape index (κ2) is 8.70. The number of hydrogen-bond acceptors (Lipinski definition) is 7. The highest BCUT2D eigenvalue weighted by Gasteiger charge is 2.36. The van der Waals surface area contributed by atoms with Gasteiger partial charge in [-0.3, -0.25) is 4.79 Å². The minimum Gasteiger partial charge on any atom is -0.444 e. The topological polar surface area (TPSA) is 83.3 Å². The predicted molar refractivity (Wildman–Crippen MR) is 116 cm³/mol. The SMILES string of the molecule is CNC(=O)c1csc2c(C(F)(F)F)cc(N3CCC(NCc4ncc(C(C)C)o4)C3)nc12. The maximum atomic E-state index is 13.8. The summed E-state index contributed by atoms with van der Waals surface area (Å²) in [7, 11) is 1.44. The van der Waals surface area contributed by atoms with E-state index in [4.69, 9.17) is 4.42 Å². The van der Waals surface area contributed by atoms with E-state index in [1.54, 1.807) is 6.20 Å². The van der Waals surface area contributed by atoms with Crippen molar-refractivity contribution < 1.29 is 22.4 Å². The Morgan fingerprint density at radius 3 is 2.84 bits per heavy atom. The monoisotopic (exact) mass is 467 g/mol. The number of carbonyl (C=O) groups excluding carboxylic acids is 1. The van der Waals surface area contributed by atoms with Gasteiger partial charge in [0.2, 0.25) is 5.89 Å². The fourth-order valence-corrected chi connectivity index (χ4v) is 4.73. The Morgan fingerprint density at radius 1 is 1.41 bits per heavy atom.